The quantitative estimate of drug-likeness (QED) is 0.843. The zero-order chi connectivity index (χ0) is 14.5. The summed E-state index contributed by atoms with van der Waals surface area (Å²) in [5.41, 5.74) is 3.00. The zero-order valence-corrected chi connectivity index (χ0v) is 12.6. The number of para-hydroxylation sites is 1. The predicted octanol–water partition coefficient (Wildman–Crippen LogP) is 4.59. The summed E-state index contributed by atoms with van der Waals surface area (Å²) in [5, 5.41) is 14.3. The molecule has 20 heavy (non-hydrogen) atoms. The molecule has 0 fully saturated rings. The Labute approximate surface area is 125 Å². The SMILES string of the molecule is CCC(NCc1cccc(C)c1O)c1cccc(Cl)c1. The average molecular weight is 290 g/mol. The minimum Gasteiger partial charge on any atom is -0.507 e. The molecule has 1 atom stereocenters. The van der Waals surface area contributed by atoms with E-state index in [-0.39, 0.29) is 6.04 Å². The number of hydrogen-bond donors (Lipinski definition) is 2. The van der Waals surface area contributed by atoms with Gasteiger partial charge in [-0.3, -0.25) is 0 Å². The maximum atomic E-state index is 10.0. The van der Waals surface area contributed by atoms with E-state index >= 15 is 0 Å². The molecule has 0 heterocycles. The van der Waals surface area contributed by atoms with Crippen LogP contribution in [0.1, 0.15) is 36.1 Å². The summed E-state index contributed by atoms with van der Waals surface area (Å²) in [4.78, 5) is 0. The van der Waals surface area contributed by atoms with Gasteiger partial charge in [0, 0.05) is 23.2 Å². The monoisotopic (exact) mass is 289 g/mol. The average Bonchev–Trinajstić information content (AvgIpc) is 2.44. The van der Waals surface area contributed by atoms with Gasteiger partial charge in [0.2, 0.25) is 0 Å². The second-order valence-electron chi connectivity index (χ2n) is 4.98. The lowest BCUT2D eigenvalue weighted by molar-refractivity contribution is 0.451. The van der Waals surface area contributed by atoms with Gasteiger partial charge in [-0.2, -0.15) is 0 Å². The van der Waals surface area contributed by atoms with Crippen LogP contribution in [0.3, 0.4) is 0 Å². The lowest BCUT2D eigenvalue weighted by Gasteiger charge is -2.18. The second kappa shape index (κ2) is 6.78. The Bertz CT molecular complexity index is 583. The molecule has 0 aliphatic heterocycles. The summed E-state index contributed by atoms with van der Waals surface area (Å²) in [6, 6.07) is 14.0. The topological polar surface area (TPSA) is 32.3 Å². The third kappa shape index (κ3) is 3.53. The Kier molecular flexibility index (Phi) is 5.05. The summed E-state index contributed by atoms with van der Waals surface area (Å²) in [6.45, 7) is 4.68. The van der Waals surface area contributed by atoms with Crippen LogP contribution in [0.2, 0.25) is 5.02 Å². The van der Waals surface area contributed by atoms with E-state index in [0.717, 1.165) is 22.6 Å². The van der Waals surface area contributed by atoms with Gasteiger partial charge in [0.05, 0.1) is 0 Å². The van der Waals surface area contributed by atoms with Gasteiger partial charge < -0.3 is 10.4 Å². The second-order valence-corrected chi connectivity index (χ2v) is 5.42. The number of benzene rings is 2. The van der Waals surface area contributed by atoms with Crippen molar-refractivity contribution in [1.82, 2.24) is 5.32 Å². The summed E-state index contributed by atoms with van der Waals surface area (Å²) in [5.74, 6) is 0.376. The summed E-state index contributed by atoms with van der Waals surface area (Å²) < 4.78 is 0. The molecule has 0 aliphatic rings. The largest absolute Gasteiger partial charge is 0.507 e. The highest BCUT2D eigenvalue weighted by molar-refractivity contribution is 6.30. The molecule has 2 nitrogen and oxygen atoms in total. The molecule has 0 aliphatic carbocycles. The van der Waals surface area contributed by atoms with Crippen molar-refractivity contribution in [2.24, 2.45) is 0 Å². The van der Waals surface area contributed by atoms with Crippen molar-refractivity contribution >= 4 is 11.6 Å². The van der Waals surface area contributed by atoms with Crippen molar-refractivity contribution in [2.45, 2.75) is 32.9 Å². The highest BCUT2D eigenvalue weighted by Gasteiger charge is 2.10. The minimum absolute atomic E-state index is 0.230. The standard InChI is InChI=1S/C17H20ClNO/c1-3-16(13-7-5-9-15(18)10-13)19-11-14-8-4-6-12(2)17(14)20/h4-10,16,19-20H,3,11H2,1-2H3. The molecule has 2 N–H and O–H groups in total. The van der Waals surface area contributed by atoms with Crippen molar-refractivity contribution in [1.29, 1.82) is 0 Å². The molecular weight excluding hydrogens is 270 g/mol. The van der Waals surface area contributed by atoms with Crippen molar-refractivity contribution in [2.75, 3.05) is 0 Å². The maximum Gasteiger partial charge on any atom is 0.122 e. The van der Waals surface area contributed by atoms with E-state index in [1.54, 1.807) is 0 Å². The number of halogens is 1. The molecule has 0 spiro atoms. The first-order valence-electron chi connectivity index (χ1n) is 6.88. The first kappa shape index (κ1) is 14.9. The van der Waals surface area contributed by atoms with E-state index in [2.05, 4.69) is 18.3 Å². The van der Waals surface area contributed by atoms with E-state index in [1.807, 2.05) is 43.3 Å². The first-order valence-corrected chi connectivity index (χ1v) is 7.26. The van der Waals surface area contributed by atoms with Gasteiger partial charge in [-0.1, -0.05) is 48.9 Å². The van der Waals surface area contributed by atoms with Crippen LogP contribution in [0.15, 0.2) is 42.5 Å². The Morgan fingerprint density at radius 1 is 1.20 bits per heavy atom. The zero-order valence-electron chi connectivity index (χ0n) is 11.9. The molecule has 0 amide bonds. The molecule has 0 saturated heterocycles. The number of phenols is 1. The number of hydrogen-bond acceptors (Lipinski definition) is 2. The number of aryl methyl sites for hydroxylation is 1. The van der Waals surface area contributed by atoms with Crippen molar-refractivity contribution < 1.29 is 5.11 Å². The highest BCUT2D eigenvalue weighted by Crippen LogP contribution is 2.24. The third-order valence-electron chi connectivity index (χ3n) is 3.52. The van der Waals surface area contributed by atoms with Gasteiger partial charge in [0.25, 0.3) is 0 Å². The molecule has 0 radical (unpaired) electrons. The third-order valence-corrected chi connectivity index (χ3v) is 3.75. The molecular formula is C17H20ClNO. The van der Waals surface area contributed by atoms with Gasteiger partial charge in [-0.15, -0.1) is 0 Å². The van der Waals surface area contributed by atoms with Crippen LogP contribution in [0.5, 0.6) is 5.75 Å². The Balaban J connectivity index is 2.10. The molecule has 2 aromatic rings. The summed E-state index contributed by atoms with van der Waals surface area (Å²) in [7, 11) is 0. The lowest BCUT2D eigenvalue weighted by Crippen LogP contribution is -2.20. The van der Waals surface area contributed by atoms with Crippen molar-refractivity contribution in [3.8, 4) is 5.75 Å². The van der Waals surface area contributed by atoms with Gasteiger partial charge in [0.1, 0.15) is 5.75 Å². The molecule has 2 rings (SSSR count). The van der Waals surface area contributed by atoms with Crippen LogP contribution >= 0.6 is 11.6 Å². The molecule has 0 saturated carbocycles. The summed E-state index contributed by atoms with van der Waals surface area (Å²) >= 11 is 6.04. The number of aromatic hydroxyl groups is 1. The fourth-order valence-corrected chi connectivity index (χ4v) is 2.52. The predicted molar refractivity (Wildman–Crippen MR) is 84.2 cm³/mol. The van der Waals surface area contributed by atoms with Gasteiger partial charge in [-0.05, 0) is 36.6 Å². The first-order chi connectivity index (χ1) is 9.61. The van der Waals surface area contributed by atoms with E-state index < -0.39 is 0 Å². The summed E-state index contributed by atoms with van der Waals surface area (Å²) in [6.07, 6.45) is 0.965. The van der Waals surface area contributed by atoms with Crippen LogP contribution in [-0.4, -0.2) is 5.11 Å². The normalized spacial score (nSPS) is 12.3. The Hall–Kier alpha value is -1.51. The van der Waals surface area contributed by atoms with E-state index in [0.29, 0.717) is 12.3 Å². The smallest absolute Gasteiger partial charge is 0.122 e. The van der Waals surface area contributed by atoms with Crippen LogP contribution in [0, 0.1) is 6.92 Å². The number of rotatable bonds is 5. The number of phenolic OH excluding ortho intramolecular Hbond substituents is 1. The molecule has 1 unspecified atom stereocenters. The fourth-order valence-electron chi connectivity index (χ4n) is 2.32. The van der Waals surface area contributed by atoms with Gasteiger partial charge in [0.15, 0.2) is 0 Å². The van der Waals surface area contributed by atoms with Crippen molar-refractivity contribution in [3.05, 3.63) is 64.2 Å². The lowest BCUT2D eigenvalue weighted by atomic mass is 10.0. The molecule has 3 heteroatoms. The molecule has 0 bridgehead atoms. The van der Waals surface area contributed by atoms with E-state index in [9.17, 15) is 5.11 Å². The fraction of sp³-hybridized carbons (Fsp3) is 0.294. The number of nitrogens with one attached hydrogen (secondary N) is 1. The van der Waals surface area contributed by atoms with Gasteiger partial charge in [-0.25, -0.2) is 0 Å². The van der Waals surface area contributed by atoms with Gasteiger partial charge >= 0.3 is 0 Å². The van der Waals surface area contributed by atoms with Crippen LogP contribution in [0.4, 0.5) is 0 Å². The van der Waals surface area contributed by atoms with Crippen LogP contribution < -0.4 is 5.32 Å². The Morgan fingerprint density at radius 2 is 1.95 bits per heavy atom. The van der Waals surface area contributed by atoms with Crippen LogP contribution in [0.25, 0.3) is 0 Å². The molecule has 2 aromatic carbocycles. The molecule has 0 aromatic heterocycles. The minimum atomic E-state index is 0.230. The van der Waals surface area contributed by atoms with Crippen molar-refractivity contribution in [3.63, 3.8) is 0 Å². The Morgan fingerprint density at radius 3 is 2.65 bits per heavy atom. The van der Waals surface area contributed by atoms with E-state index in [1.165, 1.54) is 5.56 Å². The maximum absolute atomic E-state index is 10.0. The highest BCUT2D eigenvalue weighted by atomic mass is 35.5. The molecule has 106 valence electrons. The van der Waals surface area contributed by atoms with Crippen LogP contribution in [-0.2, 0) is 6.54 Å². The van der Waals surface area contributed by atoms with E-state index in [4.69, 9.17) is 11.6 Å².